The van der Waals surface area contributed by atoms with Crippen molar-refractivity contribution in [1.82, 2.24) is 9.97 Å². The number of aliphatic hydroxyl groups excluding tert-OH is 1. The molecule has 1 unspecified atom stereocenters. The van der Waals surface area contributed by atoms with E-state index in [2.05, 4.69) is 17.0 Å². The number of para-hydroxylation sites is 1. The van der Waals surface area contributed by atoms with E-state index < -0.39 is 6.10 Å². The number of hydrogen-bond donors (Lipinski definition) is 1. The normalized spacial score (nSPS) is 12.1. The first-order valence-corrected chi connectivity index (χ1v) is 9.50. The Morgan fingerprint density at radius 2 is 1.46 bits per heavy atom. The van der Waals surface area contributed by atoms with Crippen LogP contribution >= 0.6 is 0 Å². The van der Waals surface area contributed by atoms with E-state index in [0.717, 1.165) is 22.3 Å². The van der Waals surface area contributed by atoms with Gasteiger partial charge in [-0.15, -0.1) is 0 Å². The molecule has 1 atom stereocenters. The molecule has 28 heavy (non-hydrogen) atoms. The number of aliphatic hydroxyl groups is 1. The van der Waals surface area contributed by atoms with Crippen LogP contribution in [0.25, 0.3) is 22.3 Å². The smallest absolute Gasteiger partial charge is 0.162 e. The fourth-order valence-corrected chi connectivity index (χ4v) is 3.37. The lowest BCUT2D eigenvalue weighted by Gasteiger charge is -2.27. The molecule has 3 aromatic carbocycles. The Labute approximate surface area is 165 Å². The number of aromatic nitrogens is 2. The van der Waals surface area contributed by atoms with Crippen LogP contribution in [0, 0.1) is 0 Å². The van der Waals surface area contributed by atoms with Gasteiger partial charge in [0.15, 0.2) is 5.82 Å². The van der Waals surface area contributed by atoms with Crippen LogP contribution in [0.4, 0.5) is 5.82 Å². The Hall–Kier alpha value is -3.24. The third-order valence-corrected chi connectivity index (χ3v) is 4.62. The Bertz CT molecular complexity index is 1050. The number of nitrogens with zero attached hydrogens (tertiary/aromatic N) is 3. The van der Waals surface area contributed by atoms with Gasteiger partial charge in [-0.1, -0.05) is 72.8 Å². The summed E-state index contributed by atoms with van der Waals surface area (Å²) in [5.41, 5.74) is 3.05. The van der Waals surface area contributed by atoms with E-state index in [-0.39, 0.29) is 0 Å². The summed E-state index contributed by atoms with van der Waals surface area (Å²) >= 11 is 0. The van der Waals surface area contributed by atoms with Gasteiger partial charge in [0.05, 0.1) is 11.6 Å². The summed E-state index contributed by atoms with van der Waals surface area (Å²) in [6.45, 7) is 2.96. The fourth-order valence-electron chi connectivity index (χ4n) is 3.37. The first-order chi connectivity index (χ1) is 13.7. The largest absolute Gasteiger partial charge is 0.392 e. The maximum Gasteiger partial charge on any atom is 0.162 e. The third kappa shape index (κ3) is 4.02. The van der Waals surface area contributed by atoms with Crippen LogP contribution in [0.1, 0.15) is 12.5 Å². The molecule has 1 aromatic heterocycles. The van der Waals surface area contributed by atoms with Crippen molar-refractivity contribution in [3.63, 3.8) is 0 Å². The summed E-state index contributed by atoms with van der Waals surface area (Å²) in [4.78, 5) is 11.8. The molecule has 0 amide bonds. The third-order valence-electron chi connectivity index (χ3n) is 4.62. The van der Waals surface area contributed by atoms with Crippen molar-refractivity contribution in [2.75, 3.05) is 11.4 Å². The van der Waals surface area contributed by atoms with Gasteiger partial charge in [0.1, 0.15) is 5.82 Å². The molecule has 0 saturated heterocycles. The van der Waals surface area contributed by atoms with E-state index in [1.807, 2.05) is 72.8 Å². The van der Waals surface area contributed by atoms with Gasteiger partial charge in [0, 0.05) is 24.0 Å². The summed E-state index contributed by atoms with van der Waals surface area (Å²) < 4.78 is 0. The topological polar surface area (TPSA) is 49.2 Å². The highest BCUT2D eigenvalue weighted by molar-refractivity contribution is 5.91. The molecule has 1 heterocycles. The molecule has 0 radical (unpaired) electrons. The van der Waals surface area contributed by atoms with E-state index in [4.69, 9.17) is 9.97 Å². The molecule has 0 aliphatic rings. The average molecular weight is 369 g/mol. The number of benzene rings is 3. The van der Waals surface area contributed by atoms with Crippen LogP contribution in [0.3, 0.4) is 0 Å². The minimum Gasteiger partial charge on any atom is -0.392 e. The van der Waals surface area contributed by atoms with Crippen molar-refractivity contribution in [1.29, 1.82) is 0 Å². The lowest BCUT2D eigenvalue weighted by atomic mass is 10.1. The lowest BCUT2D eigenvalue weighted by Crippen LogP contribution is -2.31. The lowest BCUT2D eigenvalue weighted by molar-refractivity contribution is 0.199. The molecule has 1 N–H and O–H groups in total. The predicted octanol–water partition coefficient (Wildman–Crippen LogP) is 4.68. The molecule has 0 spiro atoms. The Morgan fingerprint density at radius 3 is 2.18 bits per heavy atom. The van der Waals surface area contributed by atoms with Gasteiger partial charge in [-0.25, -0.2) is 9.97 Å². The maximum atomic E-state index is 10.1. The Balaban J connectivity index is 1.85. The minimum atomic E-state index is -0.474. The van der Waals surface area contributed by atoms with Crippen LogP contribution in [-0.4, -0.2) is 27.7 Å². The van der Waals surface area contributed by atoms with E-state index in [1.54, 1.807) is 6.92 Å². The van der Waals surface area contributed by atoms with Gasteiger partial charge in [-0.2, -0.15) is 0 Å². The van der Waals surface area contributed by atoms with Crippen molar-refractivity contribution in [3.8, 4) is 11.4 Å². The van der Waals surface area contributed by atoms with Crippen molar-refractivity contribution >= 4 is 16.7 Å². The molecular formula is C24H23N3O. The second-order valence-corrected chi connectivity index (χ2v) is 6.97. The highest BCUT2D eigenvalue weighted by Gasteiger charge is 2.17. The van der Waals surface area contributed by atoms with Gasteiger partial charge in [-0.3, -0.25) is 0 Å². The van der Waals surface area contributed by atoms with E-state index in [0.29, 0.717) is 18.9 Å². The van der Waals surface area contributed by atoms with E-state index >= 15 is 0 Å². The molecule has 4 rings (SSSR count). The van der Waals surface area contributed by atoms with Gasteiger partial charge in [0.25, 0.3) is 0 Å². The molecule has 0 aliphatic heterocycles. The summed E-state index contributed by atoms with van der Waals surface area (Å²) in [5, 5.41) is 11.1. The van der Waals surface area contributed by atoms with Crippen molar-refractivity contribution < 1.29 is 5.11 Å². The molecule has 0 fully saturated rings. The van der Waals surface area contributed by atoms with E-state index in [9.17, 15) is 5.11 Å². The van der Waals surface area contributed by atoms with Gasteiger partial charge in [0.2, 0.25) is 0 Å². The van der Waals surface area contributed by atoms with Gasteiger partial charge >= 0.3 is 0 Å². The molecular weight excluding hydrogens is 346 g/mol. The van der Waals surface area contributed by atoms with Crippen molar-refractivity contribution in [2.24, 2.45) is 0 Å². The molecule has 0 aliphatic carbocycles. The van der Waals surface area contributed by atoms with Crippen LogP contribution in [0.5, 0.6) is 0 Å². The highest BCUT2D eigenvalue weighted by atomic mass is 16.3. The summed E-state index contributed by atoms with van der Waals surface area (Å²) in [7, 11) is 0. The second-order valence-electron chi connectivity index (χ2n) is 6.97. The van der Waals surface area contributed by atoms with Crippen LogP contribution < -0.4 is 4.90 Å². The van der Waals surface area contributed by atoms with Crippen LogP contribution in [0.2, 0.25) is 0 Å². The minimum absolute atomic E-state index is 0.474. The molecule has 4 heteroatoms. The molecule has 0 bridgehead atoms. The maximum absolute atomic E-state index is 10.1. The second kappa shape index (κ2) is 8.19. The van der Waals surface area contributed by atoms with Crippen LogP contribution in [0.15, 0.2) is 84.9 Å². The molecule has 4 aromatic rings. The predicted molar refractivity (Wildman–Crippen MR) is 114 cm³/mol. The van der Waals surface area contributed by atoms with E-state index in [1.165, 1.54) is 5.56 Å². The Morgan fingerprint density at radius 1 is 0.821 bits per heavy atom. The standard InChI is InChI=1S/C24H23N3O/c1-18(28)16-27(17-19-10-4-2-5-11-19)24-21-14-8-9-15-22(21)25-23(26-24)20-12-6-3-7-13-20/h2-15,18,28H,16-17H2,1H3. The zero-order valence-corrected chi connectivity index (χ0v) is 15.9. The van der Waals surface area contributed by atoms with Gasteiger partial charge in [-0.05, 0) is 24.6 Å². The number of hydrogen-bond acceptors (Lipinski definition) is 4. The first-order valence-electron chi connectivity index (χ1n) is 9.50. The Kier molecular flexibility index (Phi) is 5.31. The first kappa shape index (κ1) is 18.1. The number of anilines is 1. The zero-order chi connectivity index (χ0) is 19.3. The summed E-state index contributed by atoms with van der Waals surface area (Å²) in [6, 6.07) is 28.3. The number of rotatable bonds is 6. The summed E-state index contributed by atoms with van der Waals surface area (Å²) in [6.07, 6.45) is -0.474. The highest BCUT2D eigenvalue weighted by Crippen LogP contribution is 2.28. The van der Waals surface area contributed by atoms with Gasteiger partial charge < -0.3 is 10.0 Å². The fraction of sp³-hybridized carbons (Fsp3) is 0.167. The summed E-state index contributed by atoms with van der Waals surface area (Å²) in [5.74, 6) is 1.53. The number of fused-ring (bicyclic) bond motifs is 1. The van der Waals surface area contributed by atoms with Crippen molar-refractivity contribution in [2.45, 2.75) is 19.6 Å². The SMILES string of the molecule is CC(O)CN(Cc1ccccc1)c1nc(-c2ccccc2)nc2ccccc12. The molecule has 0 saturated carbocycles. The van der Waals surface area contributed by atoms with Crippen LogP contribution in [-0.2, 0) is 6.54 Å². The average Bonchev–Trinajstić information content (AvgIpc) is 2.73. The molecule has 140 valence electrons. The monoisotopic (exact) mass is 369 g/mol. The molecule has 4 nitrogen and oxygen atoms in total. The van der Waals surface area contributed by atoms with Crippen molar-refractivity contribution in [3.05, 3.63) is 90.5 Å². The quantitative estimate of drug-likeness (QED) is 0.536. The zero-order valence-electron chi connectivity index (χ0n) is 15.9.